The number of anilines is 1. The van der Waals surface area contributed by atoms with E-state index in [1.807, 2.05) is 53.8 Å². The van der Waals surface area contributed by atoms with E-state index in [1.165, 1.54) is 11.8 Å². The number of rotatable bonds is 5. The molecule has 0 saturated carbocycles. The van der Waals surface area contributed by atoms with Gasteiger partial charge >= 0.3 is 0 Å². The highest BCUT2D eigenvalue weighted by Crippen LogP contribution is 2.26. The average molecular weight is 379 g/mol. The van der Waals surface area contributed by atoms with E-state index in [4.69, 9.17) is 4.74 Å². The maximum Gasteiger partial charge on any atom is 0.234 e. The molecule has 0 aliphatic heterocycles. The first-order valence-corrected chi connectivity index (χ1v) is 9.31. The summed E-state index contributed by atoms with van der Waals surface area (Å²) in [5.74, 6) is 1.56. The van der Waals surface area contributed by atoms with Gasteiger partial charge in [0.05, 0.1) is 23.9 Å². The zero-order valence-electron chi connectivity index (χ0n) is 14.8. The monoisotopic (exact) mass is 379 g/mol. The summed E-state index contributed by atoms with van der Waals surface area (Å²) in [6, 6.07) is 15.1. The van der Waals surface area contributed by atoms with Crippen LogP contribution in [0.3, 0.4) is 0 Å². The first-order valence-electron chi connectivity index (χ1n) is 8.33. The molecule has 0 unspecified atom stereocenters. The summed E-state index contributed by atoms with van der Waals surface area (Å²) in [4.78, 5) is 17.0. The molecule has 7 nitrogen and oxygen atoms in total. The molecule has 8 heteroatoms. The molecule has 2 heterocycles. The maximum absolute atomic E-state index is 12.3. The quantitative estimate of drug-likeness (QED) is 0.536. The van der Waals surface area contributed by atoms with Gasteiger partial charge in [-0.3, -0.25) is 9.20 Å². The Hall–Kier alpha value is -3.13. The van der Waals surface area contributed by atoms with E-state index in [0.717, 1.165) is 16.9 Å². The molecule has 2 aromatic heterocycles. The van der Waals surface area contributed by atoms with Gasteiger partial charge in [0.2, 0.25) is 5.91 Å². The fourth-order valence-electron chi connectivity index (χ4n) is 2.83. The summed E-state index contributed by atoms with van der Waals surface area (Å²) in [6.45, 7) is 1.90. The predicted molar refractivity (Wildman–Crippen MR) is 105 cm³/mol. The lowest BCUT2D eigenvalue weighted by Crippen LogP contribution is -2.14. The van der Waals surface area contributed by atoms with Crippen LogP contribution in [0.2, 0.25) is 0 Å². The Bertz CT molecular complexity index is 1140. The zero-order valence-corrected chi connectivity index (χ0v) is 15.7. The Balaban J connectivity index is 1.57. The van der Waals surface area contributed by atoms with Crippen molar-refractivity contribution in [1.29, 1.82) is 0 Å². The molecule has 0 aliphatic carbocycles. The van der Waals surface area contributed by atoms with E-state index in [2.05, 4.69) is 20.5 Å². The highest BCUT2D eigenvalue weighted by molar-refractivity contribution is 8.00. The minimum atomic E-state index is -0.127. The number of methoxy groups -OCH3 is 1. The van der Waals surface area contributed by atoms with Crippen molar-refractivity contribution in [2.45, 2.75) is 11.9 Å². The molecule has 0 fully saturated rings. The summed E-state index contributed by atoms with van der Waals surface area (Å²) in [5.41, 5.74) is 3.13. The van der Waals surface area contributed by atoms with Gasteiger partial charge in [-0.05, 0) is 31.2 Å². The number of carbonyl (C=O) groups excluding carboxylic acids is 1. The molecule has 0 bridgehead atoms. The molecule has 1 N–H and O–H groups in total. The van der Waals surface area contributed by atoms with Gasteiger partial charge in [-0.25, -0.2) is 4.98 Å². The van der Waals surface area contributed by atoms with Gasteiger partial charge in [0.25, 0.3) is 0 Å². The van der Waals surface area contributed by atoms with Crippen LogP contribution in [-0.4, -0.2) is 38.4 Å². The van der Waals surface area contributed by atoms with E-state index in [-0.39, 0.29) is 11.7 Å². The number of para-hydroxylation sites is 2. The van der Waals surface area contributed by atoms with Gasteiger partial charge in [-0.2, -0.15) is 0 Å². The molecule has 0 aliphatic rings. The van der Waals surface area contributed by atoms with Crippen LogP contribution in [0.5, 0.6) is 5.75 Å². The number of hydrogen-bond donors (Lipinski definition) is 1. The Morgan fingerprint density at radius 2 is 2.04 bits per heavy atom. The van der Waals surface area contributed by atoms with Gasteiger partial charge in [0, 0.05) is 11.8 Å². The molecule has 1 amide bonds. The second-order valence-corrected chi connectivity index (χ2v) is 6.84. The molecule has 136 valence electrons. The van der Waals surface area contributed by atoms with Gasteiger partial charge in [-0.15, -0.1) is 10.2 Å². The number of nitrogens with one attached hydrogen (secondary N) is 1. The Labute approximate surface area is 159 Å². The number of thioether (sulfide) groups is 1. The predicted octanol–water partition coefficient (Wildman–Crippen LogP) is 3.33. The van der Waals surface area contributed by atoms with Crippen LogP contribution in [0.15, 0.2) is 53.6 Å². The van der Waals surface area contributed by atoms with E-state index in [1.54, 1.807) is 13.2 Å². The molecule has 2 aromatic carbocycles. The third-order valence-corrected chi connectivity index (χ3v) is 5.01. The highest BCUT2D eigenvalue weighted by atomic mass is 32.2. The number of benzene rings is 2. The standard InChI is InChI=1S/C19H17N5O2S/c1-12-22-23-18-19(21-15-8-3-4-9-16(15)24(12)18)27-11-17(25)20-13-6-5-7-14(10-13)26-2/h3-10H,11H2,1-2H3,(H,20,25). The normalized spacial score (nSPS) is 11.0. The first-order chi connectivity index (χ1) is 13.2. The number of ether oxygens (including phenoxy) is 1. The van der Waals surface area contributed by atoms with E-state index in [0.29, 0.717) is 22.1 Å². The second-order valence-electron chi connectivity index (χ2n) is 5.88. The molecular formula is C19H17N5O2S. The number of carbonyl (C=O) groups is 1. The van der Waals surface area contributed by atoms with Crippen LogP contribution in [0.4, 0.5) is 5.69 Å². The lowest BCUT2D eigenvalue weighted by molar-refractivity contribution is -0.113. The third kappa shape index (κ3) is 3.43. The second kappa shape index (κ2) is 7.24. The van der Waals surface area contributed by atoms with Crippen molar-refractivity contribution in [2.24, 2.45) is 0 Å². The van der Waals surface area contributed by atoms with Crippen LogP contribution in [0.25, 0.3) is 16.7 Å². The SMILES string of the molecule is COc1cccc(NC(=O)CSc2nc3ccccc3n3c(C)nnc23)c1. The Morgan fingerprint density at radius 3 is 2.89 bits per heavy atom. The minimum absolute atomic E-state index is 0.127. The first kappa shape index (κ1) is 17.3. The molecule has 0 atom stereocenters. The minimum Gasteiger partial charge on any atom is -0.497 e. The number of aromatic nitrogens is 4. The van der Waals surface area contributed by atoms with Crippen molar-refractivity contribution < 1.29 is 9.53 Å². The Kier molecular flexibility index (Phi) is 4.64. The molecule has 27 heavy (non-hydrogen) atoms. The summed E-state index contributed by atoms with van der Waals surface area (Å²) in [7, 11) is 1.59. The lowest BCUT2D eigenvalue weighted by atomic mass is 10.3. The van der Waals surface area contributed by atoms with Crippen LogP contribution in [0, 0.1) is 6.92 Å². The van der Waals surface area contributed by atoms with Crippen LogP contribution in [0.1, 0.15) is 5.82 Å². The summed E-state index contributed by atoms with van der Waals surface area (Å²) >= 11 is 1.34. The largest absolute Gasteiger partial charge is 0.497 e. The van der Waals surface area contributed by atoms with Crippen LogP contribution < -0.4 is 10.1 Å². The molecular weight excluding hydrogens is 362 g/mol. The van der Waals surface area contributed by atoms with Gasteiger partial charge in [-0.1, -0.05) is 30.0 Å². The smallest absolute Gasteiger partial charge is 0.234 e. The molecule has 0 spiro atoms. The van der Waals surface area contributed by atoms with Gasteiger partial charge in [0.1, 0.15) is 16.6 Å². The summed E-state index contributed by atoms with van der Waals surface area (Å²) in [6.07, 6.45) is 0. The molecule has 0 radical (unpaired) electrons. The number of aryl methyl sites for hydroxylation is 1. The van der Waals surface area contributed by atoms with Crippen molar-refractivity contribution in [3.63, 3.8) is 0 Å². The third-order valence-electron chi connectivity index (χ3n) is 4.05. The maximum atomic E-state index is 12.3. The van der Waals surface area contributed by atoms with Crippen LogP contribution in [-0.2, 0) is 4.79 Å². The van der Waals surface area contributed by atoms with Gasteiger partial charge < -0.3 is 10.1 Å². The fraction of sp³-hybridized carbons (Fsp3) is 0.158. The van der Waals surface area contributed by atoms with Crippen molar-refractivity contribution >= 4 is 40.0 Å². The number of hydrogen-bond acceptors (Lipinski definition) is 6. The van der Waals surface area contributed by atoms with Crippen LogP contribution >= 0.6 is 11.8 Å². The van der Waals surface area contributed by atoms with Crippen molar-refractivity contribution in [2.75, 3.05) is 18.2 Å². The summed E-state index contributed by atoms with van der Waals surface area (Å²) < 4.78 is 7.14. The topological polar surface area (TPSA) is 81.4 Å². The number of nitrogens with zero attached hydrogens (tertiary/aromatic N) is 4. The highest BCUT2D eigenvalue weighted by Gasteiger charge is 2.14. The average Bonchev–Trinajstić information content (AvgIpc) is 3.08. The fourth-order valence-corrected chi connectivity index (χ4v) is 3.59. The van der Waals surface area contributed by atoms with Gasteiger partial charge in [0.15, 0.2) is 5.65 Å². The van der Waals surface area contributed by atoms with E-state index >= 15 is 0 Å². The van der Waals surface area contributed by atoms with E-state index in [9.17, 15) is 4.79 Å². The molecule has 4 rings (SSSR count). The Morgan fingerprint density at radius 1 is 1.19 bits per heavy atom. The lowest BCUT2D eigenvalue weighted by Gasteiger charge is -2.08. The number of amides is 1. The molecule has 4 aromatic rings. The van der Waals surface area contributed by atoms with Crippen molar-refractivity contribution in [1.82, 2.24) is 19.6 Å². The van der Waals surface area contributed by atoms with Crippen molar-refractivity contribution in [3.05, 3.63) is 54.4 Å². The molecule has 0 saturated heterocycles. The van der Waals surface area contributed by atoms with E-state index < -0.39 is 0 Å². The number of fused-ring (bicyclic) bond motifs is 3. The zero-order chi connectivity index (χ0) is 18.8. The van der Waals surface area contributed by atoms with Crippen molar-refractivity contribution in [3.8, 4) is 5.75 Å². The summed E-state index contributed by atoms with van der Waals surface area (Å²) in [5, 5.41) is 11.9.